The van der Waals surface area contributed by atoms with E-state index in [2.05, 4.69) is 23.5 Å². The number of amides is 1. The van der Waals surface area contributed by atoms with Gasteiger partial charge in [-0.15, -0.1) is 0 Å². The lowest BCUT2D eigenvalue weighted by Crippen LogP contribution is -2.35. The molecule has 5 nitrogen and oxygen atoms in total. The molecule has 0 saturated carbocycles. The van der Waals surface area contributed by atoms with Gasteiger partial charge in [-0.3, -0.25) is 0 Å². The Morgan fingerprint density at radius 2 is 2.23 bits per heavy atom. The van der Waals surface area contributed by atoms with Crippen LogP contribution in [0.1, 0.15) is 39.5 Å². The molecular weight excluding hydrogens is 280 g/mol. The molecule has 0 bridgehead atoms. The number of hydrogen-bond acceptors (Lipinski definition) is 4. The van der Waals surface area contributed by atoms with Gasteiger partial charge in [0.1, 0.15) is 11.9 Å². The lowest BCUT2D eigenvalue weighted by molar-refractivity contribution is 0.0525. The van der Waals surface area contributed by atoms with Gasteiger partial charge in [-0.05, 0) is 33.3 Å². The number of ether oxygens (including phenoxy) is 1. The fourth-order valence-electron chi connectivity index (χ4n) is 1.92. The van der Waals surface area contributed by atoms with Gasteiger partial charge in [0.2, 0.25) is 5.89 Å². The minimum atomic E-state index is -0.545. The number of aromatic nitrogens is 1. The van der Waals surface area contributed by atoms with E-state index < -0.39 is 11.7 Å². The van der Waals surface area contributed by atoms with E-state index in [1.54, 1.807) is 12.3 Å². The van der Waals surface area contributed by atoms with E-state index in [0.717, 1.165) is 11.1 Å². The van der Waals surface area contributed by atoms with Crippen molar-refractivity contribution in [2.75, 3.05) is 6.54 Å². The van der Waals surface area contributed by atoms with Crippen molar-refractivity contribution in [3.8, 4) is 0 Å². The van der Waals surface area contributed by atoms with Crippen LogP contribution in [0.2, 0.25) is 0 Å². The zero-order valence-electron chi connectivity index (χ0n) is 13.7. The zero-order valence-corrected chi connectivity index (χ0v) is 13.7. The number of rotatable bonds is 6. The second-order valence-electron chi connectivity index (χ2n) is 5.94. The topological polar surface area (TPSA) is 64.4 Å². The number of carbonyl (C=O) groups is 1. The Balaban J connectivity index is 2.89. The second kappa shape index (κ2) is 7.64. The van der Waals surface area contributed by atoms with Crippen LogP contribution >= 0.6 is 0 Å². The van der Waals surface area contributed by atoms with Crippen molar-refractivity contribution in [3.05, 3.63) is 54.8 Å². The Labute approximate surface area is 131 Å². The van der Waals surface area contributed by atoms with Crippen LogP contribution in [0.5, 0.6) is 0 Å². The highest BCUT2D eigenvalue weighted by Crippen LogP contribution is 2.27. The van der Waals surface area contributed by atoms with E-state index in [1.165, 1.54) is 6.26 Å². The van der Waals surface area contributed by atoms with Crippen LogP contribution in [0.3, 0.4) is 0 Å². The average molecular weight is 304 g/mol. The van der Waals surface area contributed by atoms with Crippen molar-refractivity contribution >= 4 is 6.09 Å². The minimum Gasteiger partial charge on any atom is -0.448 e. The van der Waals surface area contributed by atoms with Crippen molar-refractivity contribution in [2.45, 2.75) is 39.2 Å². The number of nitrogens with one attached hydrogen (secondary N) is 1. The molecule has 5 heteroatoms. The quantitative estimate of drug-likeness (QED) is 0.808. The Bertz CT molecular complexity index is 551. The maximum absolute atomic E-state index is 11.8. The molecule has 0 fully saturated rings. The third kappa shape index (κ3) is 5.60. The zero-order chi connectivity index (χ0) is 16.8. The number of allylic oxidation sites excluding steroid dienone is 3. The summed E-state index contributed by atoms with van der Waals surface area (Å²) in [6.45, 7) is 15.3. The van der Waals surface area contributed by atoms with Crippen LogP contribution in [-0.4, -0.2) is 23.2 Å². The standard InChI is InChI=1S/C17H24N2O3/c1-7-8-13(12(2)3)14(15-18-9-10-21-15)11-19-16(20)22-17(4,5)6/h7-10,14H,1-2,11H2,3-6H3,(H,19,20)/b13-8+. The van der Waals surface area contributed by atoms with Gasteiger partial charge >= 0.3 is 6.09 Å². The third-order valence-electron chi connectivity index (χ3n) is 2.76. The number of carbonyl (C=O) groups excluding carboxylic acids is 1. The summed E-state index contributed by atoms with van der Waals surface area (Å²) >= 11 is 0. The molecule has 1 rings (SSSR count). The van der Waals surface area contributed by atoms with Crippen LogP contribution in [0, 0.1) is 0 Å². The van der Waals surface area contributed by atoms with Gasteiger partial charge in [0, 0.05) is 6.54 Å². The predicted octanol–water partition coefficient (Wildman–Crippen LogP) is 3.97. The van der Waals surface area contributed by atoms with Crippen molar-refractivity contribution in [1.82, 2.24) is 10.3 Å². The maximum atomic E-state index is 11.8. The molecule has 0 saturated heterocycles. The molecule has 0 aromatic carbocycles. The molecule has 22 heavy (non-hydrogen) atoms. The lowest BCUT2D eigenvalue weighted by Gasteiger charge is -2.22. The highest BCUT2D eigenvalue weighted by Gasteiger charge is 2.23. The van der Waals surface area contributed by atoms with Gasteiger partial charge in [-0.1, -0.05) is 30.9 Å². The summed E-state index contributed by atoms with van der Waals surface area (Å²) in [5, 5.41) is 2.74. The second-order valence-corrected chi connectivity index (χ2v) is 5.94. The molecule has 1 atom stereocenters. The number of nitrogens with zero attached hydrogens (tertiary/aromatic N) is 1. The highest BCUT2D eigenvalue weighted by atomic mass is 16.6. The Hall–Kier alpha value is -2.30. The molecule has 120 valence electrons. The SMILES string of the molecule is C=C/C=C(\C(=C)C)C(CNC(=O)OC(C)(C)C)c1ncco1. The summed E-state index contributed by atoms with van der Waals surface area (Å²) in [5.74, 6) is 0.255. The molecule has 0 radical (unpaired) electrons. The summed E-state index contributed by atoms with van der Waals surface area (Å²) < 4.78 is 10.6. The van der Waals surface area contributed by atoms with Crippen molar-refractivity contribution in [2.24, 2.45) is 0 Å². The van der Waals surface area contributed by atoms with Crippen molar-refractivity contribution < 1.29 is 13.9 Å². The molecule has 0 aliphatic rings. The lowest BCUT2D eigenvalue weighted by atomic mass is 9.93. The summed E-state index contributed by atoms with van der Waals surface area (Å²) in [6, 6.07) is 0. The van der Waals surface area contributed by atoms with Gasteiger partial charge in [0.25, 0.3) is 0 Å². The molecule has 1 aromatic rings. The summed E-state index contributed by atoms with van der Waals surface area (Å²) in [7, 11) is 0. The summed E-state index contributed by atoms with van der Waals surface area (Å²) in [5.41, 5.74) is 1.21. The van der Waals surface area contributed by atoms with E-state index in [4.69, 9.17) is 9.15 Å². The first-order valence-corrected chi connectivity index (χ1v) is 7.09. The van der Waals surface area contributed by atoms with E-state index >= 15 is 0 Å². The average Bonchev–Trinajstić information content (AvgIpc) is 2.89. The van der Waals surface area contributed by atoms with Gasteiger partial charge in [-0.2, -0.15) is 0 Å². The predicted molar refractivity (Wildman–Crippen MR) is 86.6 cm³/mol. The molecule has 1 heterocycles. The smallest absolute Gasteiger partial charge is 0.407 e. The van der Waals surface area contributed by atoms with Gasteiger partial charge in [-0.25, -0.2) is 9.78 Å². The Morgan fingerprint density at radius 3 is 2.68 bits per heavy atom. The van der Waals surface area contributed by atoms with Crippen molar-refractivity contribution in [1.29, 1.82) is 0 Å². The van der Waals surface area contributed by atoms with Gasteiger partial charge in [0.05, 0.1) is 12.1 Å². The fraction of sp³-hybridized carbons (Fsp3) is 0.412. The van der Waals surface area contributed by atoms with E-state index in [9.17, 15) is 4.79 Å². The van der Waals surface area contributed by atoms with E-state index in [1.807, 2.05) is 33.8 Å². The molecule has 0 aliphatic heterocycles. The van der Waals surface area contributed by atoms with Gasteiger partial charge < -0.3 is 14.5 Å². The Morgan fingerprint density at radius 1 is 1.55 bits per heavy atom. The van der Waals surface area contributed by atoms with E-state index in [0.29, 0.717) is 12.4 Å². The molecule has 1 N–H and O–H groups in total. The van der Waals surface area contributed by atoms with Crippen LogP contribution in [0.4, 0.5) is 4.79 Å². The van der Waals surface area contributed by atoms with Crippen LogP contribution in [-0.2, 0) is 4.74 Å². The normalized spacial score (nSPS) is 13.4. The first-order chi connectivity index (χ1) is 10.2. The van der Waals surface area contributed by atoms with Crippen LogP contribution in [0.15, 0.2) is 53.3 Å². The van der Waals surface area contributed by atoms with Crippen LogP contribution < -0.4 is 5.32 Å². The van der Waals surface area contributed by atoms with Crippen molar-refractivity contribution in [3.63, 3.8) is 0 Å². The molecule has 1 aromatic heterocycles. The molecule has 0 aliphatic carbocycles. The first-order valence-electron chi connectivity index (χ1n) is 7.09. The van der Waals surface area contributed by atoms with E-state index in [-0.39, 0.29) is 5.92 Å². The molecule has 1 unspecified atom stereocenters. The first kappa shape index (κ1) is 17.8. The number of oxazole rings is 1. The van der Waals surface area contributed by atoms with Gasteiger partial charge in [0.15, 0.2) is 0 Å². The van der Waals surface area contributed by atoms with Crippen LogP contribution in [0.25, 0.3) is 0 Å². The molecule has 1 amide bonds. The largest absolute Gasteiger partial charge is 0.448 e. The Kier molecular flexibility index (Phi) is 6.16. The third-order valence-corrected chi connectivity index (χ3v) is 2.76. The molecule has 0 spiro atoms. The number of alkyl carbamates (subject to hydrolysis) is 1. The summed E-state index contributed by atoms with van der Waals surface area (Å²) in [4.78, 5) is 16.0. The number of hydrogen-bond donors (Lipinski definition) is 1. The summed E-state index contributed by atoms with van der Waals surface area (Å²) in [6.07, 6.45) is 6.10. The fourth-order valence-corrected chi connectivity index (χ4v) is 1.92. The monoisotopic (exact) mass is 304 g/mol. The minimum absolute atomic E-state index is 0.252. The highest BCUT2D eigenvalue weighted by molar-refractivity contribution is 5.67. The maximum Gasteiger partial charge on any atom is 0.407 e. The molecular formula is C17H24N2O3.